The highest BCUT2D eigenvalue weighted by molar-refractivity contribution is 5.62. The monoisotopic (exact) mass is 385 g/mol. The molecule has 0 saturated heterocycles. The first-order chi connectivity index (χ1) is 14.1. The number of ether oxygens (including phenoxy) is 1. The summed E-state index contributed by atoms with van der Waals surface area (Å²) in [5.41, 5.74) is 10.6. The summed E-state index contributed by atoms with van der Waals surface area (Å²) in [5.74, 6) is 0.655. The molecule has 4 heterocycles. The molecule has 2 aromatic rings. The standard InChI is InChI=1S/C23H23N5O/c1-15(2)28-13-18(9-16-5-3-7-26-11-16)22-20(14-28)21(17-6-4-8-27-12-17)19(10-24)23(25)29-22/h3-9,11-12,15,21H,13-14,25H2,1-2H3/b18-9+/t21-/m1/s1. The van der Waals surface area contributed by atoms with Crippen molar-refractivity contribution in [2.24, 2.45) is 5.73 Å². The molecule has 0 radical (unpaired) electrons. The van der Waals surface area contributed by atoms with Gasteiger partial charge in [0.25, 0.3) is 0 Å². The molecule has 6 nitrogen and oxygen atoms in total. The number of hydrogen-bond acceptors (Lipinski definition) is 6. The summed E-state index contributed by atoms with van der Waals surface area (Å²) in [5, 5.41) is 9.81. The van der Waals surface area contributed by atoms with Crippen molar-refractivity contribution < 1.29 is 4.74 Å². The van der Waals surface area contributed by atoms with E-state index in [9.17, 15) is 5.26 Å². The molecule has 0 unspecified atom stereocenters. The third kappa shape index (κ3) is 3.65. The second kappa shape index (κ2) is 7.90. The minimum absolute atomic E-state index is 0.162. The van der Waals surface area contributed by atoms with E-state index < -0.39 is 0 Å². The van der Waals surface area contributed by atoms with Crippen molar-refractivity contribution in [1.82, 2.24) is 14.9 Å². The van der Waals surface area contributed by atoms with Gasteiger partial charge in [-0.3, -0.25) is 14.9 Å². The normalized spacial score (nSPS) is 21.2. The first kappa shape index (κ1) is 18.9. The van der Waals surface area contributed by atoms with E-state index in [1.807, 2.05) is 30.5 Å². The topological polar surface area (TPSA) is 88.1 Å². The lowest BCUT2D eigenvalue weighted by Crippen LogP contribution is -2.41. The van der Waals surface area contributed by atoms with Gasteiger partial charge in [0.05, 0.1) is 5.92 Å². The molecule has 0 fully saturated rings. The maximum absolute atomic E-state index is 9.81. The van der Waals surface area contributed by atoms with Gasteiger partial charge in [-0.1, -0.05) is 12.1 Å². The molecular formula is C23H23N5O. The second-order valence-electron chi connectivity index (χ2n) is 7.52. The van der Waals surface area contributed by atoms with Crippen LogP contribution in [0.25, 0.3) is 6.08 Å². The Morgan fingerprint density at radius 2 is 1.97 bits per heavy atom. The van der Waals surface area contributed by atoms with Crippen molar-refractivity contribution in [3.8, 4) is 6.07 Å². The van der Waals surface area contributed by atoms with E-state index in [2.05, 4.69) is 40.9 Å². The van der Waals surface area contributed by atoms with Crippen LogP contribution in [0.1, 0.15) is 30.9 Å². The van der Waals surface area contributed by atoms with Crippen molar-refractivity contribution in [2.75, 3.05) is 13.1 Å². The van der Waals surface area contributed by atoms with Gasteiger partial charge in [0.1, 0.15) is 17.4 Å². The van der Waals surface area contributed by atoms with Gasteiger partial charge < -0.3 is 10.5 Å². The van der Waals surface area contributed by atoms with E-state index in [-0.39, 0.29) is 11.8 Å². The predicted octanol–water partition coefficient (Wildman–Crippen LogP) is 3.35. The molecule has 0 aromatic carbocycles. The lowest BCUT2D eigenvalue weighted by Gasteiger charge is -2.39. The SMILES string of the molecule is CC(C)N1CC2=C(OC(N)=C(C#N)[C@H]2c2cccnc2)/C(=C/c2cccnc2)C1. The number of hydrogen-bond donors (Lipinski definition) is 1. The van der Waals surface area contributed by atoms with Crippen LogP contribution in [0.2, 0.25) is 0 Å². The van der Waals surface area contributed by atoms with Crippen LogP contribution >= 0.6 is 0 Å². The summed E-state index contributed by atoms with van der Waals surface area (Å²) < 4.78 is 6.04. The molecule has 6 heteroatoms. The summed E-state index contributed by atoms with van der Waals surface area (Å²) in [6.45, 7) is 5.78. The molecule has 0 amide bonds. The lowest BCUT2D eigenvalue weighted by molar-refractivity contribution is 0.208. The van der Waals surface area contributed by atoms with E-state index in [1.165, 1.54) is 0 Å². The van der Waals surface area contributed by atoms with Crippen LogP contribution in [-0.4, -0.2) is 34.0 Å². The largest absolute Gasteiger partial charge is 0.440 e. The fraction of sp³-hybridized carbons (Fsp3) is 0.261. The molecule has 29 heavy (non-hydrogen) atoms. The van der Waals surface area contributed by atoms with Gasteiger partial charge >= 0.3 is 0 Å². The van der Waals surface area contributed by atoms with E-state index in [0.717, 1.165) is 34.6 Å². The van der Waals surface area contributed by atoms with Gasteiger partial charge in [-0.05, 0) is 48.8 Å². The molecule has 2 aliphatic heterocycles. The van der Waals surface area contributed by atoms with Crippen LogP contribution in [0.5, 0.6) is 0 Å². The third-order valence-corrected chi connectivity index (χ3v) is 5.34. The van der Waals surface area contributed by atoms with Crippen molar-refractivity contribution in [2.45, 2.75) is 25.8 Å². The van der Waals surface area contributed by atoms with E-state index in [0.29, 0.717) is 18.2 Å². The van der Waals surface area contributed by atoms with Gasteiger partial charge in [0, 0.05) is 49.5 Å². The molecule has 0 bridgehead atoms. The summed E-state index contributed by atoms with van der Waals surface area (Å²) >= 11 is 0. The first-order valence-corrected chi connectivity index (χ1v) is 9.64. The van der Waals surface area contributed by atoms with Crippen molar-refractivity contribution >= 4 is 6.08 Å². The number of allylic oxidation sites excluding steroid dienone is 1. The second-order valence-corrected chi connectivity index (χ2v) is 7.52. The van der Waals surface area contributed by atoms with Crippen LogP contribution < -0.4 is 5.73 Å². The van der Waals surface area contributed by atoms with E-state index in [1.54, 1.807) is 18.6 Å². The summed E-state index contributed by atoms with van der Waals surface area (Å²) in [4.78, 5) is 10.8. The van der Waals surface area contributed by atoms with Gasteiger partial charge in [0.2, 0.25) is 5.88 Å². The van der Waals surface area contributed by atoms with E-state index in [4.69, 9.17) is 10.5 Å². The quantitative estimate of drug-likeness (QED) is 0.872. The Morgan fingerprint density at radius 3 is 2.59 bits per heavy atom. The van der Waals surface area contributed by atoms with E-state index >= 15 is 0 Å². The van der Waals surface area contributed by atoms with Crippen LogP contribution in [-0.2, 0) is 4.74 Å². The molecule has 2 aliphatic rings. The highest BCUT2D eigenvalue weighted by atomic mass is 16.5. The van der Waals surface area contributed by atoms with Crippen molar-refractivity contribution in [1.29, 1.82) is 5.26 Å². The molecular weight excluding hydrogens is 362 g/mol. The molecule has 2 N–H and O–H groups in total. The molecule has 1 atom stereocenters. The lowest BCUT2D eigenvalue weighted by atomic mass is 9.80. The highest BCUT2D eigenvalue weighted by Crippen LogP contribution is 2.43. The van der Waals surface area contributed by atoms with Crippen molar-refractivity contribution in [3.63, 3.8) is 0 Å². The molecule has 0 saturated carbocycles. The van der Waals surface area contributed by atoms with Crippen molar-refractivity contribution in [3.05, 3.63) is 88.5 Å². The zero-order valence-corrected chi connectivity index (χ0v) is 16.5. The first-order valence-electron chi connectivity index (χ1n) is 9.64. The smallest absolute Gasteiger partial charge is 0.205 e. The summed E-state index contributed by atoms with van der Waals surface area (Å²) in [7, 11) is 0. The van der Waals surface area contributed by atoms with Gasteiger partial charge in [-0.25, -0.2) is 0 Å². The minimum atomic E-state index is -0.267. The fourth-order valence-electron chi connectivity index (χ4n) is 3.85. The molecule has 2 aromatic heterocycles. The number of pyridine rings is 2. The maximum Gasteiger partial charge on any atom is 0.205 e. The molecule has 146 valence electrons. The maximum atomic E-state index is 9.81. The highest BCUT2D eigenvalue weighted by Gasteiger charge is 2.38. The summed E-state index contributed by atoms with van der Waals surface area (Å²) in [6, 6.07) is 10.4. The third-order valence-electron chi connectivity index (χ3n) is 5.34. The number of rotatable bonds is 3. The Kier molecular flexibility index (Phi) is 5.15. The zero-order valence-electron chi connectivity index (χ0n) is 16.5. The van der Waals surface area contributed by atoms with Gasteiger partial charge in [-0.15, -0.1) is 0 Å². The Bertz CT molecular complexity index is 1030. The Balaban J connectivity index is 1.89. The predicted molar refractivity (Wildman–Crippen MR) is 111 cm³/mol. The molecule has 0 spiro atoms. The zero-order chi connectivity index (χ0) is 20.4. The van der Waals surface area contributed by atoms with Crippen LogP contribution in [0.3, 0.4) is 0 Å². The van der Waals surface area contributed by atoms with Gasteiger partial charge in [-0.2, -0.15) is 5.26 Å². The Hall–Kier alpha value is -3.43. The number of nitrogens with two attached hydrogens (primary N) is 1. The number of nitrogens with zero attached hydrogens (tertiary/aromatic N) is 4. The Labute approximate surface area is 170 Å². The van der Waals surface area contributed by atoms with Crippen LogP contribution in [0.15, 0.2) is 77.4 Å². The molecule has 0 aliphatic carbocycles. The average Bonchev–Trinajstić information content (AvgIpc) is 2.74. The van der Waals surface area contributed by atoms with Gasteiger partial charge in [0.15, 0.2) is 0 Å². The number of aromatic nitrogens is 2. The van der Waals surface area contributed by atoms with Crippen LogP contribution in [0.4, 0.5) is 0 Å². The number of nitriles is 1. The average molecular weight is 385 g/mol. The van der Waals surface area contributed by atoms with Crippen LogP contribution in [0, 0.1) is 11.3 Å². The minimum Gasteiger partial charge on any atom is -0.440 e. The Morgan fingerprint density at radius 1 is 1.21 bits per heavy atom. The summed E-state index contributed by atoms with van der Waals surface area (Å²) in [6.07, 6.45) is 9.19. The fourth-order valence-corrected chi connectivity index (χ4v) is 3.85. The molecule has 4 rings (SSSR count).